The van der Waals surface area contributed by atoms with Gasteiger partial charge < -0.3 is 10.1 Å². The second-order valence-electron chi connectivity index (χ2n) is 4.30. The largest absolute Gasteiger partial charge is 0.481 e. The third kappa shape index (κ3) is 3.28. The van der Waals surface area contributed by atoms with Gasteiger partial charge in [-0.1, -0.05) is 13.8 Å². The fourth-order valence-electron chi connectivity index (χ4n) is 1.92. The molecule has 0 spiro atoms. The lowest BCUT2D eigenvalue weighted by molar-refractivity contribution is 0.393. The molecule has 0 aliphatic heterocycles. The Kier molecular flexibility index (Phi) is 5.72. The molecule has 0 aliphatic rings. The SMILES string of the molecule is CCC(CC)(CNc1ncnc(OC)c1C)SC. The zero-order valence-electron chi connectivity index (χ0n) is 11.9. The molecule has 1 aromatic rings. The van der Waals surface area contributed by atoms with Gasteiger partial charge in [0, 0.05) is 11.3 Å². The smallest absolute Gasteiger partial charge is 0.221 e. The van der Waals surface area contributed by atoms with Gasteiger partial charge in [0.2, 0.25) is 5.88 Å². The predicted octanol–water partition coefficient (Wildman–Crippen LogP) is 3.13. The van der Waals surface area contributed by atoms with Gasteiger partial charge in [0.1, 0.15) is 12.1 Å². The molecule has 0 atom stereocenters. The molecule has 5 heteroatoms. The number of anilines is 1. The fraction of sp³-hybridized carbons (Fsp3) is 0.692. The van der Waals surface area contributed by atoms with Gasteiger partial charge in [-0.2, -0.15) is 11.8 Å². The minimum atomic E-state index is 0.268. The Morgan fingerprint density at radius 3 is 2.50 bits per heavy atom. The minimum absolute atomic E-state index is 0.268. The molecular formula is C13H23N3OS. The zero-order chi connectivity index (χ0) is 13.6. The van der Waals surface area contributed by atoms with E-state index in [0.717, 1.165) is 30.8 Å². The van der Waals surface area contributed by atoms with Crippen molar-refractivity contribution in [1.82, 2.24) is 9.97 Å². The zero-order valence-corrected chi connectivity index (χ0v) is 12.7. The summed E-state index contributed by atoms with van der Waals surface area (Å²) in [7, 11) is 1.63. The first-order valence-corrected chi connectivity index (χ1v) is 7.49. The Morgan fingerprint density at radius 1 is 1.33 bits per heavy atom. The predicted molar refractivity (Wildman–Crippen MR) is 78.6 cm³/mol. The summed E-state index contributed by atoms with van der Waals surface area (Å²) in [6, 6.07) is 0. The molecule has 1 heterocycles. The van der Waals surface area contributed by atoms with Gasteiger partial charge in [-0.3, -0.25) is 0 Å². The van der Waals surface area contributed by atoms with Gasteiger partial charge in [0.25, 0.3) is 0 Å². The van der Waals surface area contributed by atoms with E-state index in [2.05, 4.69) is 35.4 Å². The van der Waals surface area contributed by atoms with Crippen LogP contribution in [0.4, 0.5) is 5.82 Å². The minimum Gasteiger partial charge on any atom is -0.481 e. The first-order valence-electron chi connectivity index (χ1n) is 6.27. The number of rotatable bonds is 7. The molecule has 0 unspecified atom stereocenters. The van der Waals surface area contributed by atoms with Crippen molar-refractivity contribution in [3.05, 3.63) is 11.9 Å². The molecule has 1 N–H and O–H groups in total. The number of aromatic nitrogens is 2. The average Bonchev–Trinajstić information content (AvgIpc) is 2.42. The maximum absolute atomic E-state index is 5.20. The van der Waals surface area contributed by atoms with E-state index < -0.39 is 0 Å². The molecule has 0 bridgehead atoms. The number of ether oxygens (including phenoxy) is 1. The summed E-state index contributed by atoms with van der Waals surface area (Å²) in [6.45, 7) is 7.34. The number of nitrogens with one attached hydrogen (secondary N) is 1. The molecule has 18 heavy (non-hydrogen) atoms. The van der Waals surface area contributed by atoms with Crippen molar-refractivity contribution in [2.24, 2.45) is 0 Å². The van der Waals surface area contributed by atoms with Crippen molar-refractivity contribution < 1.29 is 4.74 Å². The first kappa shape index (κ1) is 15.1. The van der Waals surface area contributed by atoms with Crippen molar-refractivity contribution in [2.75, 3.05) is 25.2 Å². The van der Waals surface area contributed by atoms with Crippen LogP contribution in [-0.2, 0) is 0 Å². The summed E-state index contributed by atoms with van der Waals surface area (Å²) in [5.74, 6) is 1.50. The van der Waals surface area contributed by atoms with E-state index in [0.29, 0.717) is 5.88 Å². The number of nitrogens with zero attached hydrogens (tertiary/aromatic N) is 2. The van der Waals surface area contributed by atoms with E-state index in [9.17, 15) is 0 Å². The normalized spacial score (nSPS) is 11.4. The second-order valence-corrected chi connectivity index (χ2v) is 5.58. The molecule has 1 aromatic heterocycles. The van der Waals surface area contributed by atoms with E-state index >= 15 is 0 Å². The van der Waals surface area contributed by atoms with Crippen LogP contribution in [0.1, 0.15) is 32.3 Å². The summed E-state index contributed by atoms with van der Waals surface area (Å²) in [5.41, 5.74) is 0.960. The maximum atomic E-state index is 5.20. The van der Waals surface area contributed by atoms with E-state index in [1.165, 1.54) is 6.33 Å². The van der Waals surface area contributed by atoms with Crippen LogP contribution >= 0.6 is 11.8 Å². The topological polar surface area (TPSA) is 47.0 Å². The lowest BCUT2D eigenvalue weighted by Crippen LogP contribution is -2.32. The Balaban J connectivity index is 2.79. The number of thioether (sulfide) groups is 1. The Morgan fingerprint density at radius 2 is 2.00 bits per heavy atom. The van der Waals surface area contributed by atoms with Crippen molar-refractivity contribution >= 4 is 17.6 Å². The molecule has 0 amide bonds. The molecule has 0 aliphatic carbocycles. The van der Waals surface area contributed by atoms with Crippen LogP contribution < -0.4 is 10.1 Å². The van der Waals surface area contributed by atoms with Gasteiger partial charge in [0.15, 0.2) is 0 Å². The first-order chi connectivity index (χ1) is 8.62. The highest BCUT2D eigenvalue weighted by molar-refractivity contribution is 8.00. The summed E-state index contributed by atoms with van der Waals surface area (Å²) >= 11 is 1.92. The molecule has 0 saturated heterocycles. The van der Waals surface area contributed by atoms with E-state index in [-0.39, 0.29) is 4.75 Å². The standard InChI is InChI=1S/C13H23N3OS/c1-6-13(7-2,18-5)8-14-11-10(3)12(17-4)16-9-15-11/h9H,6-8H2,1-5H3,(H,14,15,16). The fourth-order valence-corrected chi connectivity index (χ4v) is 2.72. The number of methoxy groups -OCH3 is 1. The van der Waals surface area contributed by atoms with Gasteiger partial charge in [-0.25, -0.2) is 9.97 Å². The molecule has 0 aromatic carbocycles. The maximum Gasteiger partial charge on any atom is 0.221 e. The van der Waals surface area contributed by atoms with Crippen LogP contribution in [0, 0.1) is 6.92 Å². The van der Waals surface area contributed by atoms with Crippen LogP contribution in [0.25, 0.3) is 0 Å². The van der Waals surface area contributed by atoms with Crippen LogP contribution in [0.15, 0.2) is 6.33 Å². The molecule has 0 saturated carbocycles. The number of hydrogen-bond acceptors (Lipinski definition) is 5. The second kappa shape index (κ2) is 6.83. The Bertz CT molecular complexity index is 372. The third-order valence-electron chi connectivity index (χ3n) is 3.53. The van der Waals surface area contributed by atoms with E-state index in [1.54, 1.807) is 7.11 Å². The van der Waals surface area contributed by atoms with Crippen molar-refractivity contribution in [1.29, 1.82) is 0 Å². The highest BCUT2D eigenvalue weighted by Gasteiger charge is 2.25. The van der Waals surface area contributed by atoms with E-state index in [1.807, 2.05) is 18.7 Å². The van der Waals surface area contributed by atoms with E-state index in [4.69, 9.17) is 4.74 Å². The van der Waals surface area contributed by atoms with Gasteiger partial charge in [-0.05, 0) is 26.0 Å². The highest BCUT2D eigenvalue weighted by atomic mass is 32.2. The molecule has 1 rings (SSSR count). The highest BCUT2D eigenvalue weighted by Crippen LogP contribution is 2.31. The molecule has 0 fully saturated rings. The summed E-state index contributed by atoms with van der Waals surface area (Å²) < 4.78 is 5.47. The average molecular weight is 269 g/mol. The van der Waals surface area contributed by atoms with Crippen molar-refractivity contribution in [3.63, 3.8) is 0 Å². The Labute approximate surface area is 114 Å². The Hall–Kier alpha value is -0.970. The number of hydrogen-bond donors (Lipinski definition) is 1. The van der Waals surface area contributed by atoms with Gasteiger partial charge in [-0.15, -0.1) is 0 Å². The summed E-state index contributed by atoms with van der Waals surface area (Å²) in [6.07, 6.45) is 5.98. The van der Waals surface area contributed by atoms with Crippen molar-refractivity contribution in [3.8, 4) is 5.88 Å². The van der Waals surface area contributed by atoms with Crippen LogP contribution in [0.3, 0.4) is 0 Å². The molecular weight excluding hydrogens is 246 g/mol. The lowest BCUT2D eigenvalue weighted by Gasteiger charge is -2.30. The quantitative estimate of drug-likeness (QED) is 0.824. The lowest BCUT2D eigenvalue weighted by atomic mass is 10.0. The van der Waals surface area contributed by atoms with Gasteiger partial charge >= 0.3 is 0 Å². The van der Waals surface area contributed by atoms with Crippen molar-refractivity contribution in [2.45, 2.75) is 38.4 Å². The third-order valence-corrected chi connectivity index (χ3v) is 5.12. The van der Waals surface area contributed by atoms with Gasteiger partial charge in [0.05, 0.1) is 12.7 Å². The molecule has 0 radical (unpaired) electrons. The summed E-state index contributed by atoms with van der Waals surface area (Å²) in [5, 5.41) is 3.43. The molecule has 4 nitrogen and oxygen atoms in total. The van der Waals surface area contributed by atoms with Crippen LogP contribution in [0.5, 0.6) is 5.88 Å². The van der Waals surface area contributed by atoms with Crippen LogP contribution in [-0.4, -0.2) is 34.6 Å². The van der Waals surface area contributed by atoms with Crippen LogP contribution in [0.2, 0.25) is 0 Å². The monoisotopic (exact) mass is 269 g/mol. The summed E-state index contributed by atoms with van der Waals surface area (Å²) in [4.78, 5) is 8.37. The molecule has 102 valence electrons.